The lowest BCUT2D eigenvalue weighted by molar-refractivity contribution is -0.155. The fourth-order valence-corrected chi connectivity index (χ4v) is 2.99. The van der Waals surface area contributed by atoms with Crippen molar-refractivity contribution >= 4 is 18.0 Å². The molecule has 1 fully saturated rings. The smallest absolute Gasteiger partial charge is 0.331 e. The number of rotatable bonds is 4. The van der Waals surface area contributed by atoms with Gasteiger partial charge in [0.1, 0.15) is 0 Å². The quantitative estimate of drug-likeness (QED) is 0.627. The number of aryl methyl sites for hydroxylation is 2. The van der Waals surface area contributed by atoms with Crippen molar-refractivity contribution in [2.24, 2.45) is 7.05 Å². The average molecular weight is 333 g/mol. The molecule has 0 N–H and O–H groups in total. The van der Waals surface area contributed by atoms with Crippen LogP contribution >= 0.6 is 0 Å². The fraction of sp³-hybridized carbons (Fsp3) is 0.611. The predicted octanol–water partition coefficient (Wildman–Crippen LogP) is 2.38. The van der Waals surface area contributed by atoms with Crippen LogP contribution in [0.5, 0.6) is 0 Å². The van der Waals surface area contributed by atoms with E-state index in [1.54, 1.807) is 17.7 Å². The van der Waals surface area contributed by atoms with Gasteiger partial charge in [-0.25, -0.2) is 4.79 Å². The molecule has 0 radical (unpaired) electrons. The lowest BCUT2D eigenvalue weighted by Gasteiger charge is -2.23. The first-order valence-electron chi connectivity index (χ1n) is 8.58. The van der Waals surface area contributed by atoms with Gasteiger partial charge in [0, 0.05) is 37.5 Å². The summed E-state index contributed by atoms with van der Waals surface area (Å²) >= 11 is 0. The van der Waals surface area contributed by atoms with E-state index in [-0.39, 0.29) is 5.91 Å². The predicted molar refractivity (Wildman–Crippen MR) is 92.3 cm³/mol. The number of amides is 1. The van der Waals surface area contributed by atoms with Crippen LogP contribution in [0.2, 0.25) is 0 Å². The number of likely N-dealkylation sites (tertiary alicyclic amines) is 1. The van der Waals surface area contributed by atoms with Crippen LogP contribution in [0.25, 0.3) is 6.08 Å². The van der Waals surface area contributed by atoms with E-state index in [0.717, 1.165) is 55.7 Å². The molecule has 0 unspecified atom stereocenters. The summed E-state index contributed by atoms with van der Waals surface area (Å²) in [7, 11) is 1.86. The maximum Gasteiger partial charge on any atom is 0.331 e. The molecule has 1 aliphatic heterocycles. The first kappa shape index (κ1) is 18.2. The van der Waals surface area contributed by atoms with Crippen molar-refractivity contribution in [3.8, 4) is 0 Å². The molecule has 1 aromatic heterocycles. The number of aromatic nitrogens is 2. The number of hydrogen-bond acceptors (Lipinski definition) is 4. The third kappa shape index (κ3) is 4.46. The normalized spacial score (nSPS) is 16.9. The highest BCUT2D eigenvalue weighted by Crippen LogP contribution is 2.14. The maximum absolute atomic E-state index is 12.4. The van der Waals surface area contributed by atoms with Gasteiger partial charge in [-0.2, -0.15) is 5.10 Å². The average Bonchev–Trinajstić information content (AvgIpc) is 2.76. The molecule has 0 bridgehead atoms. The van der Waals surface area contributed by atoms with E-state index in [4.69, 9.17) is 4.74 Å². The number of ether oxygens (including phenoxy) is 1. The Morgan fingerprint density at radius 3 is 2.33 bits per heavy atom. The Labute approximate surface area is 143 Å². The molecular formula is C18H27N3O3. The lowest BCUT2D eigenvalue weighted by atomic mass is 10.2. The van der Waals surface area contributed by atoms with Crippen LogP contribution in [0.3, 0.4) is 0 Å². The van der Waals surface area contributed by atoms with Gasteiger partial charge in [0.2, 0.25) is 0 Å². The van der Waals surface area contributed by atoms with E-state index in [0.29, 0.717) is 0 Å². The van der Waals surface area contributed by atoms with E-state index in [1.807, 2.05) is 25.8 Å². The highest BCUT2D eigenvalue weighted by molar-refractivity contribution is 5.90. The molecule has 0 spiro atoms. The van der Waals surface area contributed by atoms with Crippen molar-refractivity contribution in [1.29, 1.82) is 0 Å². The Morgan fingerprint density at radius 2 is 1.79 bits per heavy atom. The number of esters is 1. The Hall–Kier alpha value is -2.11. The number of hydrogen-bond donors (Lipinski definition) is 0. The second-order valence-electron chi connectivity index (χ2n) is 6.36. The summed E-state index contributed by atoms with van der Waals surface area (Å²) in [5.74, 6) is -0.610. The van der Waals surface area contributed by atoms with Crippen LogP contribution in [0.4, 0.5) is 0 Å². The minimum Gasteiger partial charge on any atom is -0.449 e. The number of carbonyl (C=O) groups is 2. The lowest BCUT2D eigenvalue weighted by Crippen LogP contribution is -2.40. The van der Waals surface area contributed by atoms with Crippen LogP contribution in [0.15, 0.2) is 6.08 Å². The maximum atomic E-state index is 12.4. The second kappa shape index (κ2) is 8.13. The first-order chi connectivity index (χ1) is 11.4. The minimum atomic E-state index is -0.753. The molecule has 0 aromatic carbocycles. The Kier molecular flexibility index (Phi) is 6.17. The third-order valence-electron chi connectivity index (χ3n) is 4.51. The molecular weight excluding hydrogens is 306 g/mol. The van der Waals surface area contributed by atoms with Crippen molar-refractivity contribution in [2.45, 2.75) is 52.6 Å². The van der Waals surface area contributed by atoms with Gasteiger partial charge in [-0.15, -0.1) is 0 Å². The highest BCUT2D eigenvalue weighted by Gasteiger charge is 2.23. The zero-order chi connectivity index (χ0) is 17.7. The topological polar surface area (TPSA) is 64.4 Å². The summed E-state index contributed by atoms with van der Waals surface area (Å²) in [5, 5.41) is 4.30. The molecule has 1 saturated heterocycles. The summed E-state index contributed by atoms with van der Waals surface area (Å²) < 4.78 is 7.04. The summed E-state index contributed by atoms with van der Waals surface area (Å²) in [6.07, 6.45) is 6.66. The van der Waals surface area contributed by atoms with E-state index in [2.05, 4.69) is 5.10 Å². The molecule has 1 aromatic rings. The zero-order valence-corrected chi connectivity index (χ0v) is 15.0. The molecule has 2 rings (SSSR count). The van der Waals surface area contributed by atoms with Crippen molar-refractivity contribution in [2.75, 3.05) is 13.1 Å². The highest BCUT2D eigenvalue weighted by atomic mass is 16.5. The van der Waals surface area contributed by atoms with Crippen LogP contribution in [-0.2, 0) is 21.4 Å². The van der Waals surface area contributed by atoms with Gasteiger partial charge in [-0.3, -0.25) is 9.48 Å². The minimum absolute atomic E-state index is 0.104. The van der Waals surface area contributed by atoms with Crippen LogP contribution in [0, 0.1) is 13.8 Å². The monoisotopic (exact) mass is 333 g/mol. The van der Waals surface area contributed by atoms with Crippen molar-refractivity contribution in [3.63, 3.8) is 0 Å². The van der Waals surface area contributed by atoms with E-state index in [9.17, 15) is 9.59 Å². The van der Waals surface area contributed by atoms with Crippen molar-refractivity contribution in [3.05, 3.63) is 23.0 Å². The molecule has 6 heteroatoms. The molecule has 24 heavy (non-hydrogen) atoms. The molecule has 1 atom stereocenters. The van der Waals surface area contributed by atoms with Crippen LogP contribution in [-0.4, -0.2) is 45.8 Å². The molecule has 0 saturated carbocycles. The Balaban J connectivity index is 1.93. The van der Waals surface area contributed by atoms with Crippen molar-refractivity contribution in [1.82, 2.24) is 14.7 Å². The summed E-state index contributed by atoms with van der Waals surface area (Å²) in [6, 6.07) is 0. The van der Waals surface area contributed by atoms with Crippen LogP contribution < -0.4 is 0 Å². The van der Waals surface area contributed by atoms with Crippen molar-refractivity contribution < 1.29 is 14.3 Å². The Morgan fingerprint density at radius 1 is 1.17 bits per heavy atom. The molecule has 1 amide bonds. The summed E-state index contributed by atoms with van der Waals surface area (Å²) in [6.45, 7) is 6.98. The molecule has 1 aliphatic rings. The fourth-order valence-electron chi connectivity index (χ4n) is 2.99. The summed E-state index contributed by atoms with van der Waals surface area (Å²) in [5.41, 5.74) is 2.74. The van der Waals surface area contributed by atoms with Gasteiger partial charge < -0.3 is 9.64 Å². The molecule has 6 nitrogen and oxygen atoms in total. The zero-order valence-electron chi connectivity index (χ0n) is 15.0. The van der Waals surface area contributed by atoms with Crippen LogP contribution in [0.1, 0.15) is 49.6 Å². The Bertz CT molecular complexity index is 626. The molecule has 2 heterocycles. The van der Waals surface area contributed by atoms with Gasteiger partial charge in [0.15, 0.2) is 6.10 Å². The first-order valence-corrected chi connectivity index (χ1v) is 8.58. The molecule has 132 valence electrons. The largest absolute Gasteiger partial charge is 0.449 e. The standard InChI is InChI=1S/C18H27N3O3/c1-13-16(14(2)20(4)19-13)9-10-17(22)24-15(3)18(23)21-11-7-5-6-8-12-21/h9-10,15H,5-8,11-12H2,1-4H3/b10-9+/t15-/m1/s1. The van der Waals surface area contributed by atoms with E-state index >= 15 is 0 Å². The molecule has 0 aliphatic carbocycles. The van der Waals surface area contributed by atoms with E-state index in [1.165, 1.54) is 6.08 Å². The summed E-state index contributed by atoms with van der Waals surface area (Å²) in [4.78, 5) is 26.2. The van der Waals surface area contributed by atoms with Gasteiger partial charge in [0.25, 0.3) is 5.91 Å². The van der Waals surface area contributed by atoms with Gasteiger partial charge >= 0.3 is 5.97 Å². The number of nitrogens with zero attached hydrogens (tertiary/aromatic N) is 3. The van der Waals surface area contributed by atoms with Gasteiger partial charge in [-0.1, -0.05) is 12.8 Å². The second-order valence-corrected chi connectivity index (χ2v) is 6.36. The third-order valence-corrected chi connectivity index (χ3v) is 4.51. The van der Waals surface area contributed by atoms with E-state index < -0.39 is 12.1 Å². The number of carbonyl (C=O) groups excluding carboxylic acids is 2. The SMILES string of the molecule is Cc1nn(C)c(C)c1/C=C/C(=O)O[C@H](C)C(=O)N1CCCCCC1. The van der Waals surface area contributed by atoms with Gasteiger partial charge in [-0.05, 0) is 39.7 Å². The van der Waals surface area contributed by atoms with Gasteiger partial charge in [0.05, 0.1) is 5.69 Å².